The van der Waals surface area contributed by atoms with Crippen molar-refractivity contribution in [1.29, 1.82) is 0 Å². The number of H-pyrrole nitrogens is 2. The molecule has 7 heterocycles. The first-order valence-electron chi connectivity index (χ1n) is 13.0. The molecule has 0 spiro atoms. The van der Waals surface area contributed by atoms with E-state index in [2.05, 4.69) is 35.0 Å². The minimum absolute atomic E-state index is 0.0964. The number of alkyl halides is 2. The summed E-state index contributed by atoms with van der Waals surface area (Å²) in [6.45, 7) is 2.65. The lowest BCUT2D eigenvalue weighted by Gasteiger charge is -2.28. The Bertz CT molecular complexity index is 1620. The van der Waals surface area contributed by atoms with E-state index in [1.807, 2.05) is 24.4 Å². The maximum Gasteiger partial charge on any atom is 0.261 e. The molecule has 38 heavy (non-hydrogen) atoms. The van der Waals surface area contributed by atoms with E-state index >= 15 is 0 Å². The molecular weight excluding hydrogens is 488 g/mol. The molecule has 5 aromatic heterocycles. The minimum Gasteiger partial charge on any atom is -0.370 e. The number of anilines is 1. The number of aromatic amines is 2. The smallest absolute Gasteiger partial charge is 0.261 e. The van der Waals surface area contributed by atoms with Gasteiger partial charge in [-0.2, -0.15) is 5.10 Å². The number of fused-ring (bicyclic) bond motifs is 2. The van der Waals surface area contributed by atoms with Gasteiger partial charge in [0, 0.05) is 68.5 Å². The standard InChI is InChI=1S/C27H27F2N9/c28-27(29)5-9-37(16-27)15-17-10-18(13-30-12-17)19-11-20-22(35-36-24(20)32-14-19)26-33-23-21(4-6-31-25(23)34-26)38-7-2-1-3-8-38/h4,6,10-14H,1-3,5,7-9,15-16H2,(H,31,33,34)(H,32,35,36). The largest absolute Gasteiger partial charge is 0.370 e. The third kappa shape index (κ3) is 4.26. The molecule has 0 radical (unpaired) electrons. The molecule has 0 aromatic carbocycles. The molecule has 0 saturated carbocycles. The van der Waals surface area contributed by atoms with Crippen LogP contribution in [-0.4, -0.2) is 72.1 Å². The van der Waals surface area contributed by atoms with Crippen LogP contribution in [0.3, 0.4) is 0 Å². The van der Waals surface area contributed by atoms with E-state index in [0.29, 0.717) is 30.3 Å². The summed E-state index contributed by atoms with van der Waals surface area (Å²) < 4.78 is 27.3. The molecule has 5 aromatic rings. The third-order valence-corrected chi connectivity index (χ3v) is 7.48. The molecule has 11 heteroatoms. The van der Waals surface area contributed by atoms with Gasteiger partial charge in [0.05, 0.1) is 17.6 Å². The van der Waals surface area contributed by atoms with Crippen molar-refractivity contribution in [3.05, 3.63) is 48.5 Å². The molecular formula is C27H27F2N9. The summed E-state index contributed by atoms with van der Waals surface area (Å²) in [6, 6.07) is 6.03. The number of piperidine rings is 1. The van der Waals surface area contributed by atoms with Crippen molar-refractivity contribution in [1.82, 2.24) is 40.0 Å². The number of nitrogens with one attached hydrogen (secondary N) is 2. The second-order valence-corrected chi connectivity index (χ2v) is 10.3. The molecule has 0 atom stereocenters. The Kier molecular flexibility index (Phi) is 5.54. The van der Waals surface area contributed by atoms with Crippen molar-refractivity contribution < 1.29 is 8.78 Å². The van der Waals surface area contributed by atoms with Crippen LogP contribution in [0.4, 0.5) is 14.5 Å². The van der Waals surface area contributed by atoms with Crippen molar-refractivity contribution >= 4 is 27.9 Å². The molecule has 2 aliphatic heterocycles. The number of nitrogens with zero attached hydrogens (tertiary/aromatic N) is 7. The Morgan fingerprint density at radius 3 is 2.66 bits per heavy atom. The van der Waals surface area contributed by atoms with E-state index in [0.717, 1.165) is 52.0 Å². The van der Waals surface area contributed by atoms with Gasteiger partial charge in [0.2, 0.25) is 0 Å². The molecule has 0 unspecified atom stereocenters. The van der Waals surface area contributed by atoms with Crippen molar-refractivity contribution in [3.63, 3.8) is 0 Å². The van der Waals surface area contributed by atoms with Crippen LogP contribution < -0.4 is 4.90 Å². The monoisotopic (exact) mass is 515 g/mol. The molecule has 194 valence electrons. The van der Waals surface area contributed by atoms with E-state index in [-0.39, 0.29) is 13.0 Å². The van der Waals surface area contributed by atoms with Gasteiger partial charge in [0.25, 0.3) is 5.92 Å². The number of aromatic nitrogens is 7. The van der Waals surface area contributed by atoms with Gasteiger partial charge in [-0.1, -0.05) is 0 Å². The Hall–Kier alpha value is -3.99. The van der Waals surface area contributed by atoms with Crippen molar-refractivity contribution in [2.75, 3.05) is 31.1 Å². The molecule has 2 N–H and O–H groups in total. The molecule has 0 aliphatic carbocycles. The van der Waals surface area contributed by atoms with Gasteiger partial charge in [-0.3, -0.25) is 15.0 Å². The first-order chi connectivity index (χ1) is 18.5. The van der Waals surface area contributed by atoms with E-state index < -0.39 is 5.92 Å². The number of likely N-dealkylation sites (tertiary alicyclic amines) is 1. The highest BCUT2D eigenvalue weighted by Gasteiger charge is 2.37. The van der Waals surface area contributed by atoms with Crippen LogP contribution in [0.15, 0.2) is 43.0 Å². The average Bonchev–Trinajstić information content (AvgIpc) is 3.64. The number of hydrogen-bond acceptors (Lipinski definition) is 7. The molecule has 0 amide bonds. The van der Waals surface area contributed by atoms with Gasteiger partial charge in [0.15, 0.2) is 17.1 Å². The van der Waals surface area contributed by atoms with Gasteiger partial charge in [0.1, 0.15) is 11.2 Å². The molecule has 2 aliphatic rings. The van der Waals surface area contributed by atoms with Gasteiger partial charge in [-0.15, -0.1) is 0 Å². The lowest BCUT2D eigenvalue weighted by Crippen LogP contribution is -2.29. The minimum atomic E-state index is -2.61. The molecule has 2 fully saturated rings. The summed E-state index contributed by atoms with van der Waals surface area (Å²) in [4.78, 5) is 25.9. The fourth-order valence-corrected chi connectivity index (χ4v) is 5.57. The third-order valence-electron chi connectivity index (χ3n) is 7.48. The molecule has 0 bridgehead atoms. The predicted octanol–water partition coefficient (Wildman–Crippen LogP) is 4.79. The summed E-state index contributed by atoms with van der Waals surface area (Å²) in [7, 11) is 0. The topological polar surface area (TPSA) is 103 Å². The Morgan fingerprint density at radius 2 is 1.82 bits per heavy atom. The Balaban J connectivity index is 1.22. The van der Waals surface area contributed by atoms with Crippen LogP contribution in [0.1, 0.15) is 31.2 Å². The van der Waals surface area contributed by atoms with E-state index in [1.54, 1.807) is 23.5 Å². The van der Waals surface area contributed by atoms with Crippen LogP contribution >= 0.6 is 0 Å². The van der Waals surface area contributed by atoms with Crippen molar-refractivity contribution in [3.8, 4) is 22.6 Å². The highest BCUT2D eigenvalue weighted by molar-refractivity contribution is 5.95. The SMILES string of the molecule is FC1(F)CCN(Cc2cncc(-c3cnc4[nH]nc(-c5nc6c(N7CCCCC7)ccnc6[nH]5)c4c3)c2)C1. The lowest BCUT2D eigenvalue weighted by molar-refractivity contribution is 0.0115. The number of rotatable bonds is 5. The number of pyridine rings is 3. The lowest BCUT2D eigenvalue weighted by atomic mass is 10.1. The zero-order valence-electron chi connectivity index (χ0n) is 20.8. The van der Waals surface area contributed by atoms with Crippen LogP contribution in [0.25, 0.3) is 44.8 Å². The summed E-state index contributed by atoms with van der Waals surface area (Å²) in [5.41, 5.74) is 6.60. The van der Waals surface area contributed by atoms with Crippen molar-refractivity contribution in [2.24, 2.45) is 0 Å². The van der Waals surface area contributed by atoms with Gasteiger partial charge >= 0.3 is 0 Å². The second kappa shape index (κ2) is 9.09. The van der Waals surface area contributed by atoms with Crippen LogP contribution in [0.5, 0.6) is 0 Å². The second-order valence-electron chi connectivity index (χ2n) is 10.3. The zero-order chi connectivity index (χ0) is 25.7. The quantitative estimate of drug-likeness (QED) is 0.347. The van der Waals surface area contributed by atoms with Gasteiger partial charge in [-0.25, -0.2) is 23.7 Å². The van der Waals surface area contributed by atoms with Crippen LogP contribution in [0.2, 0.25) is 0 Å². The van der Waals surface area contributed by atoms with Gasteiger partial charge in [-0.05, 0) is 43.0 Å². The highest BCUT2D eigenvalue weighted by Crippen LogP contribution is 2.33. The summed E-state index contributed by atoms with van der Waals surface area (Å²) in [5.74, 6) is -1.98. The number of hydrogen-bond donors (Lipinski definition) is 2. The predicted molar refractivity (Wildman–Crippen MR) is 141 cm³/mol. The molecule has 7 rings (SSSR count). The Labute approximate surface area is 217 Å². The summed E-state index contributed by atoms with van der Waals surface area (Å²) >= 11 is 0. The van der Waals surface area contributed by atoms with Crippen LogP contribution in [-0.2, 0) is 6.54 Å². The number of halogens is 2. The van der Waals surface area contributed by atoms with E-state index in [4.69, 9.17) is 4.98 Å². The number of imidazole rings is 1. The normalized spacial score (nSPS) is 18.1. The first-order valence-corrected chi connectivity index (χ1v) is 13.0. The molecule has 2 saturated heterocycles. The van der Waals surface area contributed by atoms with Crippen LogP contribution in [0, 0.1) is 0 Å². The fourth-order valence-electron chi connectivity index (χ4n) is 5.57. The van der Waals surface area contributed by atoms with Gasteiger partial charge < -0.3 is 9.88 Å². The Morgan fingerprint density at radius 1 is 0.947 bits per heavy atom. The summed E-state index contributed by atoms with van der Waals surface area (Å²) in [6.07, 6.45) is 10.6. The highest BCUT2D eigenvalue weighted by atomic mass is 19.3. The summed E-state index contributed by atoms with van der Waals surface area (Å²) in [5, 5.41) is 8.36. The maximum atomic E-state index is 13.6. The van der Waals surface area contributed by atoms with Crippen molar-refractivity contribution in [2.45, 2.75) is 38.2 Å². The molecule has 9 nitrogen and oxygen atoms in total. The first kappa shape index (κ1) is 23.2. The average molecular weight is 516 g/mol. The zero-order valence-corrected chi connectivity index (χ0v) is 20.8. The fraction of sp³-hybridized carbons (Fsp3) is 0.370. The maximum absolute atomic E-state index is 13.6. The van der Waals surface area contributed by atoms with E-state index in [9.17, 15) is 8.78 Å². The van der Waals surface area contributed by atoms with E-state index in [1.165, 1.54) is 19.3 Å².